The zero-order chi connectivity index (χ0) is 22.5. The molecule has 170 valence electrons. The Morgan fingerprint density at radius 2 is 1.88 bits per heavy atom. The number of rotatable bonds is 8. The molecule has 2 aromatic carbocycles. The van der Waals surface area contributed by atoms with E-state index in [1.807, 2.05) is 18.2 Å². The van der Waals surface area contributed by atoms with Gasteiger partial charge in [-0.3, -0.25) is 4.79 Å². The Kier molecular flexibility index (Phi) is 6.93. The van der Waals surface area contributed by atoms with Gasteiger partial charge in [0.05, 0.1) is 26.5 Å². The Morgan fingerprint density at radius 1 is 1.12 bits per heavy atom. The first-order valence-corrected chi connectivity index (χ1v) is 11.1. The molecule has 0 aromatic heterocycles. The second-order valence-electron chi connectivity index (χ2n) is 8.33. The van der Waals surface area contributed by atoms with Gasteiger partial charge in [-0.15, -0.1) is 0 Å². The highest BCUT2D eigenvalue weighted by atomic mass is 19.1. The summed E-state index contributed by atoms with van der Waals surface area (Å²) >= 11 is 0. The van der Waals surface area contributed by atoms with Crippen LogP contribution in [0.1, 0.15) is 43.2 Å². The molecule has 1 aliphatic heterocycles. The zero-order valence-corrected chi connectivity index (χ0v) is 18.6. The van der Waals surface area contributed by atoms with Crippen LogP contribution in [0, 0.1) is 11.7 Å². The molecule has 1 atom stereocenters. The smallest absolute Gasteiger partial charge is 0.226 e. The minimum Gasteiger partial charge on any atom is -0.493 e. The number of nitrogens with zero attached hydrogens (tertiary/aromatic N) is 2. The Balaban J connectivity index is 1.47. The van der Waals surface area contributed by atoms with Gasteiger partial charge in [-0.05, 0) is 37.1 Å². The van der Waals surface area contributed by atoms with Gasteiger partial charge < -0.3 is 19.2 Å². The number of hydrogen-bond donors (Lipinski definition) is 0. The van der Waals surface area contributed by atoms with Gasteiger partial charge in [0.2, 0.25) is 5.91 Å². The van der Waals surface area contributed by atoms with Crippen LogP contribution in [0.3, 0.4) is 0 Å². The average Bonchev–Trinajstić information content (AvgIpc) is 3.51. The monoisotopic (exact) mass is 440 g/mol. The highest BCUT2D eigenvalue weighted by Gasteiger charge is 2.32. The molecule has 0 bridgehead atoms. The molecule has 1 saturated carbocycles. The van der Waals surface area contributed by atoms with Gasteiger partial charge in [0.1, 0.15) is 5.82 Å². The van der Waals surface area contributed by atoms with E-state index in [1.54, 1.807) is 37.3 Å². The maximum Gasteiger partial charge on any atom is 0.226 e. The van der Waals surface area contributed by atoms with Crippen LogP contribution >= 0.6 is 0 Å². The zero-order valence-electron chi connectivity index (χ0n) is 18.6. The first kappa shape index (κ1) is 22.1. The lowest BCUT2D eigenvalue weighted by molar-refractivity contribution is -0.137. The maximum atomic E-state index is 14.3. The van der Waals surface area contributed by atoms with E-state index in [0.29, 0.717) is 30.0 Å². The van der Waals surface area contributed by atoms with Crippen molar-refractivity contribution < 1.29 is 23.5 Å². The summed E-state index contributed by atoms with van der Waals surface area (Å²) in [6.07, 6.45) is 4.20. The van der Waals surface area contributed by atoms with Crippen molar-refractivity contribution in [1.29, 1.82) is 0 Å². The third-order valence-corrected chi connectivity index (χ3v) is 6.21. The lowest BCUT2D eigenvalue weighted by atomic mass is 10.0. The Bertz CT molecular complexity index is 988. The molecule has 0 N–H and O–H groups in total. The molecule has 1 aliphatic carbocycles. The van der Waals surface area contributed by atoms with Crippen molar-refractivity contribution in [1.82, 2.24) is 4.90 Å². The summed E-state index contributed by atoms with van der Waals surface area (Å²) in [5.74, 6) is 1.05. The van der Waals surface area contributed by atoms with E-state index >= 15 is 0 Å². The highest BCUT2D eigenvalue weighted by molar-refractivity contribution is 6.01. The standard InChI is InChI=1S/C25H29FN2O4/c1-30-23-12-11-18(13-24(23)31-2)22-14-20(32-27-22)16-28(25(29)17-7-3-4-8-17)15-19-9-5-6-10-21(19)26/h5-6,9-13,17,20H,3-4,7-8,14-16H2,1-2H3. The van der Waals surface area contributed by atoms with Gasteiger partial charge in [-0.1, -0.05) is 36.2 Å². The summed E-state index contributed by atoms with van der Waals surface area (Å²) in [6.45, 7) is 0.595. The Labute approximate surface area is 187 Å². The molecule has 2 aromatic rings. The van der Waals surface area contributed by atoms with Crippen LogP contribution in [-0.4, -0.2) is 43.4 Å². The molecule has 1 amide bonds. The lowest BCUT2D eigenvalue weighted by Gasteiger charge is -2.27. The van der Waals surface area contributed by atoms with E-state index in [0.717, 1.165) is 37.0 Å². The highest BCUT2D eigenvalue weighted by Crippen LogP contribution is 2.31. The fraction of sp³-hybridized carbons (Fsp3) is 0.440. The van der Waals surface area contributed by atoms with E-state index in [9.17, 15) is 9.18 Å². The molecule has 1 heterocycles. The van der Waals surface area contributed by atoms with Crippen molar-refractivity contribution in [3.63, 3.8) is 0 Å². The molecular weight excluding hydrogens is 411 g/mol. The molecule has 7 heteroatoms. The van der Waals surface area contributed by atoms with Crippen LogP contribution < -0.4 is 9.47 Å². The van der Waals surface area contributed by atoms with Gasteiger partial charge in [-0.2, -0.15) is 0 Å². The summed E-state index contributed by atoms with van der Waals surface area (Å²) in [7, 11) is 3.18. The van der Waals surface area contributed by atoms with Gasteiger partial charge >= 0.3 is 0 Å². The average molecular weight is 441 g/mol. The van der Waals surface area contributed by atoms with E-state index in [4.69, 9.17) is 14.3 Å². The van der Waals surface area contributed by atoms with Crippen LogP contribution in [0.5, 0.6) is 11.5 Å². The van der Waals surface area contributed by atoms with E-state index in [1.165, 1.54) is 6.07 Å². The molecule has 1 fully saturated rings. The van der Waals surface area contributed by atoms with Crippen LogP contribution in [0.2, 0.25) is 0 Å². The number of carbonyl (C=O) groups is 1. The lowest BCUT2D eigenvalue weighted by Crippen LogP contribution is -2.40. The predicted octanol–water partition coefficient (Wildman–Crippen LogP) is 4.55. The molecule has 2 aliphatic rings. The molecule has 0 saturated heterocycles. The second-order valence-corrected chi connectivity index (χ2v) is 8.33. The van der Waals surface area contributed by atoms with Gasteiger partial charge in [0.15, 0.2) is 17.6 Å². The number of ether oxygens (including phenoxy) is 2. The van der Waals surface area contributed by atoms with E-state index in [2.05, 4.69) is 5.16 Å². The van der Waals surface area contributed by atoms with Crippen LogP contribution in [0.4, 0.5) is 4.39 Å². The number of oxime groups is 1. The van der Waals surface area contributed by atoms with Gasteiger partial charge in [0.25, 0.3) is 0 Å². The molecular formula is C25H29FN2O4. The fourth-order valence-corrected chi connectivity index (χ4v) is 4.45. The number of hydrogen-bond acceptors (Lipinski definition) is 5. The molecule has 6 nitrogen and oxygen atoms in total. The summed E-state index contributed by atoms with van der Waals surface area (Å²) in [5.41, 5.74) is 2.18. The topological polar surface area (TPSA) is 60.4 Å². The molecule has 4 rings (SSSR count). The molecule has 0 radical (unpaired) electrons. The number of halogens is 1. The fourth-order valence-electron chi connectivity index (χ4n) is 4.45. The first-order valence-electron chi connectivity index (χ1n) is 11.1. The second kappa shape index (κ2) is 10.0. The predicted molar refractivity (Wildman–Crippen MR) is 119 cm³/mol. The normalized spacial score (nSPS) is 18.2. The molecule has 32 heavy (non-hydrogen) atoms. The van der Waals surface area contributed by atoms with Crippen LogP contribution in [0.25, 0.3) is 0 Å². The van der Waals surface area contributed by atoms with Crippen molar-refractivity contribution >= 4 is 11.6 Å². The van der Waals surface area contributed by atoms with Crippen LogP contribution in [-0.2, 0) is 16.2 Å². The Morgan fingerprint density at radius 3 is 2.59 bits per heavy atom. The number of carbonyl (C=O) groups excluding carboxylic acids is 1. The molecule has 1 unspecified atom stereocenters. The number of methoxy groups -OCH3 is 2. The summed E-state index contributed by atoms with van der Waals surface area (Å²) in [4.78, 5) is 20.7. The first-order chi connectivity index (χ1) is 15.6. The van der Waals surface area contributed by atoms with Gasteiger partial charge in [-0.25, -0.2) is 4.39 Å². The van der Waals surface area contributed by atoms with Crippen molar-refractivity contribution in [3.8, 4) is 11.5 Å². The Hall–Kier alpha value is -3.09. The maximum absolute atomic E-state index is 14.3. The van der Waals surface area contributed by atoms with E-state index < -0.39 is 0 Å². The minimum absolute atomic E-state index is 0.00872. The quantitative estimate of drug-likeness (QED) is 0.604. The van der Waals surface area contributed by atoms with Crippen molar-refractivity contribution in [2.75, 3.05) is 20.8 Å². The van der Waals surface area contributed by atoms with Crippen molar-refractivity contribution in [2.45, 2.75) is 44.8 Å². The van der Waals surface area contributed by atoms with Gasteiger partial charge in [0, 0.05) is 30.0 Å². The van der Waals surface area contributed by atoms with Crippen molar-refractivity contribution in [3.05, 3.63) is 59.4 Å². The third-order valence-electron chi connectivity index (χ3n) is 6.21. The number of amides is 1. The summed E-state index contributed by atoms with van der Waals surface area (Å²) in [6, 6.07) is 12.2. The molecule has 0 spiro atoms. The number of benzene rings is 2. The summed E-state index contributed by atoms with van der Waals surface area (Å²) < 4.78 is 25.0. The summed E-state index contributed by atoms with van der Waals surface area (Å²) in [5, 5.41) is 4.26. The minimum atomic E-state index is -0.300. The SMILES string of the molecule is COc1ccc(C2=NOC(CN(Cc3ccccc3F)C(=O)C3CCCC3)C2)cc1OC. The van der Waals surface area contributed by atoms with Crippen molar-refractivity contribution in [2.24, 2.45) is 11.1 Å². The van der Waals surface area contributed by atoms with E-state index in [-0.39, 0.29) is 30.3 Å². The largest absolute Gasteiger partial charge is 0.493 e. The third kappa shape index (κ3) is 4.87. The van der Waals surface area contributed by atoms with Crippen LogP contribution in [0.15, 0.2) is 47.6 Å².